The number of benzene rings is 1. The van der Waals surface area contributed by atoms with Crippen LogP contribution in [0.5, 0.6) is 0 Å². The molecule has 0 saturated carbocycles. The number of rotatable bonds is 6. The van der Waals surface area contributed by atoms with Crippen molar-refractivity contribution >= 4 is 27.5 Å². The van der Waals surface area contributed by atoms with Crippen LogP contribution in [-0.4, -0.2) is 21.2 Å². The van der Waals surface area contributed by atoms with E-state index in [4.69, 9.17) is 5.73 Å². The maximum Gasteiger partial charge on any atom is 0.240 e. The Morgan fingerprint density at radius 1 is 1.44 bits per heavy atom. The van der Waals surface area contributed by atoms with Gasteiger partial charge in [0.25, 0.3) is 0 Å². The second kappa shape index (κ2) is 6.45. The minimum atomic E-state index is -3.40. The molecule has 1 unspecified atom stereocenters. The van der Waals surface area contributed by atoms with Crippen molar-refractivity contribution in [3.05, 3.63) is 18.2 Å². The lowest BCUT2D eigenvalue weighted by Crippen LogP contribution is -2.18. The minimum absolute atomic E-state index is 0.255. The highest BCUT2D eigenvalue weighted by atomic mass is 32.2. The van der Waals surface area contributed by atoms with Gasteiger partial charge in [0.15, 0.2) is 0 Å². The number of hydrogen-bond acceptors (Lipinski definition) is 4. The Kier molecular flexibility index (Phi) is 5.49. The predicted molar refractivity (Wildman–Crippen MR) is 77.3 cm³/mol. The molecular weight excluding hydrogens is 268 g/mol. The van der Waals surface area contributed by atoms with Gasteiger partial charge in [-0.1, -0.05) is 20.3 Å². The zero-order valence-electron chi connectivity index (χ0n) is 10.9. The number of sulfonamides is 1. The standard InChI is InChI=1S/C12H20N2O2S2/c1-4-9(2)8-17-12-7-10(5-6-11(12)13)18(15,16)14-3/h5-7,9,14H,4,8,13H2,1-3H3. The summed E-state index contributed by atoms with van der Waals surface area (Å²) < 4.78 is 25.7. The summed E-state index contributed by atoms with van der Waals surface area (Å²) in [6.45, 7) is 4.30. The predicted octanol–water partition coefficient (Wildman–Crippen LogP) is 2.32. The van der Waals surface area contributed by atoms with Crippen molar-refractivity contribution in [1.82, 2.24) is 4.72 Å². The van der Waals surface area contributed by atoms with E-state index in [2.05, 4.69) is 18.6 Å². The molecule has 0 spiro atoms. The fourth-order valence-corrected chi connectivity index (χ4v) is 3.25. The molecule has 0 aromatic heterocycles. The van der Waals surface area contributed by atoms with Crippen molar-refractivity contribution in [2.75, 3.05) is 18.5 Å². The van der Waals surface area contributed by atoms with Crippen molar-refractivity contribution in [3.63, 3.8) is 0 Å². The van der Waals surface area contributed by atoms with Gasteiger partial charge in [0.1, 0.15) is 0 Å². The fourth-order valence-electron chi connectivity index (χ4n) is 1.27. The van der Waals surface area contributed by atoms with Crippen LogP contribution in [0.4, 0.5) is 5.69 Å². The normalized spacial score (nSPS) is 13.5. The third kappa shape index (κ3) is 3.90. The molecule has 0 saturated heterocycles. The van der Waals surface area contributed by atoms with E-state index < -0.39 is 10.0 Å². The summed E-state index contributed by atoms with van der Waals surface area (Å²) in [6.07, 6.45) is 1.10. The maximum atomic E-state index is 11.7. The smallest absolute Gasteiger partial charge is 0.240 e. The summed E-state index contributed by atoms with van der Waals surface area (Å²) in [6, 6.07) is 4.80. The van der Waals surface area contributed by atoms with Crippen LogP contribution >= 0.6 is 11.8 Å². The van der Waals surface area contributed by atoms with Gasteiger partial charge in [-0.05, 0) is 31.2 Å². The lowest BCUT2D eigenvalue weighted by Gasteiger charge is -2.11. The SMILES string of the molecule is CCC(C)CSc1cc(S(=O)(=O)NC)ccc1N. The second-order valence-electron chi connectivity index (χ2n) is 4.23. The minimum Gasteiger partial charge on any atom is -0.398 e. The van der Waals surface area contributed by atoms with Crippen LogP contribution in [0.3, 0.4) is 0 Å². The van der Waals surface area contributed by atoms with E-state index in [9.17, 15) is 8.42 Å². The number of nitrogens with two attached hydrogens (primary N) is 1. The van der Waals surface area contributed by atoms with Crippen LogP contribution in [0.15, 0.2) is 28.0 Å². The second-order valence-corrected chi connectivity index (χ2v) is 7.18. The van der Waals surface area contributed by atoms with E-state index >= 15 is 0 Å². The Hall–Kier alpha value is -0.720. The lowest BCUT2D eigenvalue weighted by molar-refractivity contribution is 0.588. The maximum absolute atomic E-state index is 11.7. The molecule has 6 heteroatoms. The molecule has 0 heterocycles. The van der Waals surface area contributed by atoms with Crippen LogP contribution in [0.2, 0.25) is 0 Å². The van der Waals surface area contributed by atoms with Crippen molar-refractivity contribution in [3.8, 4) is 0 Å². The zero-order chi connectivity index (χ0) is 13.8. The van der Waals surface area contributed by atoms with Gasteiger partial charge in [0, 0.05) is 16.3 Å². The number of hydrogen-bond donors (Lipinski definition) is 2. The molecule has 0 fully saturated rings. The van der Waals surface area contributed by atoms with Gasteiger partial charge in [-0.3, -0.25) is 0 Å². The van der Waals surface area contributed by atoms with Crippen LogP contribution in [0.25, 0.3) is 0 Å². The highest BCUT2D eigenvalue weighted by Crippen LogP contribution is 2.29. The van der Waals surface area contributed by atoms with E-state index in [1.807, 2.05) is 0 Å². The Morgan fingerprint density at radius 2 is 2.11 bits per heavy atom. The number of nitrogen functional groups attached to an aromatic ring is 1. The molecule has 0 aliphatic heterocycles. The van der Waals surface area contributed by atoms with E-state index in [-0.39, 0.29) is 4.90 Å². The van der Waals surface area contributed by atoms with Gasteiger partial charge in [0.05, 0.1) is 4.90 Å². The van der Waals surface area contributed by atoms with Crippen LogP contribution < -0.4 is 10.5 Å². The average molecular weight is 288 g/mol. The van der Waals surface area contributed by atoms with Gasteiger partial charge in [-0.15, -0.1) is 11.8 Å². The highest BCUT2D eigenvalue weighted by molar-refractivity contribution is 7.99. The van der Waals surface area contributed by atoms with Crippen LogP contribution in [-0.2, 0) is 10.0 Å². The molecule has 102 valence electrons. The van der Waals surface area contributed by atoms with Gasteiger partial charge >= 0.3 is 0 Å². The summed E-state index contributed by atoms with van der Waals surface area (Å²) in [5, 5.41) is 0. The van der Waals surface area contributed by atoms with Crippen LogP contribution in [0.1, 0.15) is 20.3 Å². The average Bonchev–Trinajstić information content (AvgIpc) is 2.37. The monoisotopic (exact) mass is 288 g/mol. The van der Waals surface area contributed by atoms with Gasteiger partial charge in [-0.25, -0.2) is 13.1 Å². The molecule has 1 rings (SSSR count). The first-order valence-corrected chi connectivity index (χ1v) is 8.33. The van der Waals surface area contributed by atoms with E-state index in [0.29, 0.717) is 11.6 Å². The lowest BCUT2D eigenvalue weighted by atomic mass is 10.2. The third-order valence-electron chi connectivity index (χ3n) is 2.78. The van der Waals surface area contributed by atoms with Crippen LogP contribution in [0, 0.1) is 5.92 Å². The van der Waals surface area contributed by atoms with Gasteiger partial charge < -0.3 is 5.73 Å². The topological polar surface area (TPSA) is 72.2 Å². The number of anilines is 1. The fraction of sp³-hybridized carbons (Fsp3) is 0.500. The molecule has 1 aromatic rings. The third-order valence-corrected chi connectivity index (χ3v) is 5.60. The van der Waals surface area contributed by atoms with E-state index in [1.54, 1.807) is 23.9 Å². The highest BCUT2D eigenvalue weighted by Gasteiger charge is 2.13. The Morgan fingerprint density at radius 3 is 2.67 bits per heavy atom. The number of nitrogens with one attached hydrogen (secondary N) is 1. The molecule has 0 radical (unpaired) electrons. The molecule has 0 aliphatic rings. The summed E-state index contributed by atoms with van der Waals surface area (Å²) in [5.41, 5.74) is 6.49. The first kappa shape index (κ1) is 15.3. The quantitative estimate of drug-likeness (QED) is 0.622. The summed E-state index contributed by atoms with van der Waals surface area (Å²) in [4.78, 5) is 1.08. The van der Waals surface area contributed by atoms with E-state index in [0.717, 1.165) is 17.1 Å². The molecule has 0 aliphatic carbocycles. The molecule has 0 bridgehead atoms. The van der Waals surface area contributed by atoms with Crippen molar-refractivity contribution in [2.45, 2.75) is 30.1 Å². The first-order chi connectivity index (χ1) is 8.40. The van der Waals surface area contributed by atoms with Crippen molar-refractivity contribution in [1.29, 1.82) is 0 Å². The molecule has 4 nitrogen and oxygen atoms in total. The molecule has 0 amide bonds. The van der Waals surface area contributed by atoms with Gasteiger partial charge in [0.2, 0.25) is 10.0 Å². The Labute approximate surface area is 113 Å². The largest absolute Gasteiger partial charge is 0.398 e. The van der Waals surface area contributed by atoms with Crippen molar-refractivity contribution in [2.24, 2.45) is 5.92 Å². The Balaban J connectivity index is 2.95. The van der Waals surface area contributed by atoms with Gasteiger partial charge in [-0.2, -0.15) is 0 Å². The summed E-state index contributed by atoms with van der Waals surface area (Å²) in [5.74, 6) is 1.52. The molecule has 1 aromatic carbocycles. The molecular formula is C12H20N2O2S2. The summed E-state index contributed by atoms with van der Waals surface area (Å²) >= 11 is 1.60. The molecule has 18 heavy (non-hydrogen) atoms. The molecule has 3 N–H and O–H groups in total. The molecule has 1 atom stereocenters. The summed E-state index contributed by atoms with van der Waals surface area (Å²) in [7, 11) is -2.00. The zero-order valence-corrected chi connectivity index (χ0v) is 12.6. The van der Waals surface area contributed by atoms with Crippen molar-refractivity contribution < 1.29 is 8.42 Å². The first-order valence-electron chi connectivity index (χ1n) is 5.86. The van der Waals surface area contributed by atoms with E-state index in [1.165, 1.54) is 13.1 Å². The number of thioether (sulfide) groups is 1. The Bertz CT molecular complexity index is 501.